The smallest absolute Gasteiger partial charge is 0.136 e. The van der Waals surface area contributed by atoms with Gasteiger partial charge in [-0.3, -0.25) is 0 Å². The lowest BCUT2D eigenvalue weighted by atomic mass is 9.94. The lowest BCUT2D eigenvalue weighted by molar-refractivity contribution is 0.209. The largest absolute Gasteiger partial charge is 0.394 e. The van der Waals surface area contributed by atoms with Crippen LogP contribution in [0.4, 0.5) is 4.39 Å². The molecule has 0 bridgehead atoms. The molecular weight excluding hydrogens is 284 g/mol. The first-order valence-electron chi connectivity index (χ1n) is 3.83. The summed E-state index contributed by atoms with van der Waals surface area (Å²) in [6.07, 6.45) is 0. The van der Waals surface area contributed by atoms with Crippen LogP contribution in [0.25, 0.3) is 0 Å². The second-order valence-electron chi connectivity index (χ2n) is 3.18. The minimum Gasteiger partial charge on any atom is -0.394 e. The van der Waals surface area contributed by atoms with Crippen molar-refractivity contribution in [1.82, 2.24) is 0 Å². The van der Waals surface area contributed by atoms with Crippen molar-refractivity contribution < 1.29 is 9.50 Å². The Morgan fingerprint density at radius 3 is 2.77 bits per heavy atom. The average Bonchev–Trinajstić information content (AvgIpc) is 2.09. The van der Waals surface area contributed by atoms with E-state index in [0.717, 1.165) is 0 Å². The Morgan fingerprint density at radius 2 is 2.23 bits per heavy atom. The Bertz CT molecular complexity index is 314. The number of aliphatic hydroxyl groups is 1. The molecule has 0 aliphatic heterocycles. The number of nitrogens with two attached hydrogens (primary N) is 1. The molecule has 1 aromatic rings. The van der Waals surface area contributed by atoms with Gasteiger partial charge in [-0.1, -0.05) is 12.1 Å². The van der Waals surface area contributed by atoms with Gasteiger partial charge in [-0.15, -0.1) is 0 Å². The van der Waals surface area contributed by atoms with Crippen molar-refractivity contribution in [3.63, 3.8) is 0 Å². The standard InChI is InChI=1S/C9H11FINO/c1-9(12,5-13)6-3-2-4-7(10)8(6)11/h2-4,13H,5,12H2,1H3/t9-/m0/s1. The first kappa shape index (κ1) is 10.9. The van der Waals surface area contributed by atoms with Crippen LogP contribution in [0.2, 0.25) is 0 Å². The molecule has 2 nitrogen and oxygen atoms in total. The number of benzene rings is 1. The van der Waals surface area contributed by atoms with E-state index in [9.17, 15) is 4.39 Å². The van der Waals surface area contributed by atoms with Crippen molar-refractivity contribution in [3.05, 3.63) is 33.1 Å². The van der Waals surface area contributed by atoms with Gasteiger partial charge in [0, 0.05) is 0 Å². The van der Waals surface area contributed by atoms with Crippen molar-refractivity contribution in [2.45, 2.75) is 12.5 Å². The maximum absolute atomic E-state index is 13.1. The summed E-state index contributed by atoms with van der Waals surface area (Å²) in [5, 5.41) is 9.01. The maximum Gasteiger partial charge on any atom is 0.136 e. The Kier molecular flexibility index (Phi) is 3.26. The van der Waals surface area contributed by atoms with E-state index in [1.165, 1.54) is 6.07 Å². The molecule has 0 unspecified atom stereocenters. The SMILES string of the molecule is C[C@](N)(CO)c1cccc(F)c1I. The molecule has 0 fully saturated rings. The molecule has 72 valence electrons. The van der Waals surface area contributed by atoms with Gasteiger partial charge in [0.25, 0.3) is 0 Å². The van der Waals surface area contributed by atoms with E-state index >= 15 is 0 Å². The Labute approximate surface area is 90.1 Å². The zero-order valence-corrected chi connectivity index (χ0v) is 9.38. The first-order chi connectivity index (χ1) is 5.99. The topological polar surface area (TPSA) is 46.2 Å². The molecule has 0 aliphatic rings. The lowest BCUT2D eigenvalue weighted by Gasteiger charge is -2.23. The summed E-state index contributed by atoms with van der Waals surface area (Å²) in [5.74, 6) is -0.303. The highest BCUT2D eigenvalue weighted by Crippen LogP contribution is 2.24. The van der Waals surface area contributed by atoms with E-state index in [-0.39, 0.29) is 12.4 Å². The van der Waals surface area contributed by atoms with Gasteiger partial charge in [0.2, 0.25) is 0 Å². The van der Waals surface area contributed by atoms with Gasteiger partial charge in [0.05, 0.1) is 15.7 Å². The Morgan fingerprint density at radius 1 is 1.62 bits per heavy atom. The predicted molar refractivity (Wildman–Crippen MR) is 57.7 cm³/mol. The second-order valence-corrected chi connectivity index (χ2v) is 4.26. The predicted octanol–water partition coefficient (Wildman–Crippen LogP) is 1.60. The number of aliphatic hydroxyl groups excluding tert-OH is 1. The molecule has 0 spiro atoms. The third-order valence-corrected chi connectivity index (χ3v) is 2.99. The molecule has 0 saturated heterocycles. The summed E-state index contributed by atoms with van der Waals surface area (Å²) in [4.78, 5) is 0. The molecule has 1 aromatic carbocycles. The van der Waals surface area contributed by atoms with Crippen LogP contribution < -0.4 is 5.73 Å². The zero-order valence-electron chi connectivity index (χ0n) is 7.22. The van der Waals surface area contributed by atoms with Crippen LogP contribution in [0.3, 0.4) is 0 Å². The molecular formula is C9H11FINO. The van der Waals surface area contributed by atoms with E-state index in [1.807, 2.05) is 22.6 Å². The number of rotatable bonds is 2. The third kappa shape index (κ3) is 2.18. The van der Waals surface area contributed by atoms with E-state index in [4.69, 9.17) is 10.8 Å². The van der Waals surface area contributed by atoms with E-state index in [1.54, 1.807) is 19.1 Å². The molecule has 0 aliphatic carbocycles. The fourth-order valence-electron chi connectivity index (χ4n) is 1.03. The van der Waals surface area contributed by atoms with Crippen LogP contribution in [0.1, 0.15) is 12.5 Å². The van der Waals surface area contributed by atoms with Crippen molar-refractivity contribution in [2.24, 2.45) is 5.73 Å². The van der Waals surface area contributed by atoms with Crippen LogP contribution in [-0.4, -0.2) is 11.7 Å². The Balaban J connectivity index is 3.22. The van der Waals surface area contributed by atoms with Gasteiger partial charge in [-0.2, -0.15) is 0 Å². The summed E-state index contributed by atoms with van der Waals surface area (Å²) in [7, 11) is 0. The first-order valence-corrected chi connectivity index (χ1v) is 4.91. The summed E-state index contributed by atoms with van der Waals surface area (Å²) in [5.41, 5.74) is 5.54. The minimum atomic E-state index is -0.876. The molecule has 1 atom stereocenters. The Hall–Kier alpha value is -0.200. The highest BCUT2D eigenvalue weighted by molar-refractivity contribution is 14.1. The second kappa shape index (κ2) is 3.89. The van der Waals surface area contributed by atoms with Crippen molar-refractivity contribution in [1.29, 1.82) is 0 Å². The van der Waals surface area contributed by atoms with Gasteiger partial charge < -0.3 is 10.8 Å². The fourth-order valence-corrected chi connectivity index (χ4v) is 2.01. The molecule has 0 radical (unpaired) electrons. The molecule has 0 saturated carbocycles. The van der Waals surface area contributed by atoms with Crippen molar-refractivity contribution in [3.8, 4) is 0 Å². The van der Waals surface area contributed by atoms with Crippen LogP contribution in [-0.2, 0) is 5.54 Å². The number of halogens is 2. The van der Waals surface area contributed by atoms with Crippen molar-refractivity contribution in [2.75, 3.05) is 6.61 Å². The van der Waals surface area contributed by atoms with E-state index in [2.05, 4.69) is 0 Å². The van der Waals surface area contributed by atoms with Gasteiger partial charge in [-0.05, 0) is 41.1 Å². The van der Waals surface area contributed by atoms with Crippen LogP contribution in [0, 0.1) is 9.39 Å². The average molecular weight is 295 g/mol. The summed E-state index contributed by atoms with van der Waals surface area (Å²) >= 11 is 1.89. The van der Waals surface area contributed by atoms with E-state index < -0.39 is 5.54 Å². The molecule has 0 heterocycles. The highest BCUT2D eigenvalue weighted by Gasteiger charge is 2.23. The summed E-state index contributed by atoms with van der Waals surface area (Å²) in [6.45, 7) is 1.47. The summed E-state index contributed by atoms with van der Waals surface area (Å²) < 4.78 is 13.6. The lowest BCUT2D eigenvalue weighted by Crippen LogP contribution is -2.37. The third-order valence-electron chi connectivity index (χ3n) is 1.90. The molecule has 1 rings (SSSR count). The van der Waals surface area contributed by atoms with Crippen LogP contribution >= 0.6 is 22.6 Å². The van der Waals surface area contributed by atoms with Crippen LogP contribution in [0.5, 0.6) is 0 Å². The molecule has 4 heteroatoms. The number of hydrogen-bond donors (Lipinski definition) is 2. The molecule has 0 amide bonds. The zero-order chi connectivity index (χ0) is 10.1. The quantitative estimate of drug-likeness (QED) is 0.814. The molecule has 3 N–H and O–H groups in total. The molecule has 0 aromatic heterocycles. The number of hydrogen-bond acceptors (Lipinski definition) is 2. The van der Waals surface area contributed by atoms with Crippen molar-refractivity contribution >= 4 is 22.6 Å². The van der Waals surface area contributed by atoms with Crippen LogP contribution in [0.15, 0.2) is 18.2 Å². The summed E-state index contributed by atoms with van der Waals surface area (Å²) in [6, 6.07) is 4.69. The van der Waals surface area contributed by atoms with E-state index in [0.29, 0.717) is 9.13 Å². The van der Waals surface area contributed by atoms with Gasteiger partial charge in [-0.25, -0.2) is 4.39 Å². The van der Waals surface area contributed by atoms with Gasteiger partial charge in [0.15, 0.2) is 0 Å². The fraction of sp³-hybridized carbons (Fsp3) is 0.333. The van der Waals surface area contributed by atoms with Gasteiger partial charge >= 0.3 is 0 Å². The maximum atomic E-state index is 13.1. The normalized spacial score (nSPS) is 15.5. The van der Waals surface area contributed by atoms with Gasteiger partial charge in [0.1, 0.15) is 5.82 Å². The molecule has 13 heavy (non-hydrogen) atoms. The minimum absolute atomic E-state index is 0.202. The highest BCUT2D eigenvalue weighted by atomic mass is 127. The monoisotopic (exact) mass is 295 g/mol.